The van der Waals surface area contributed by atoms with Crippen molar-refractivity contribution in [2.24, 2.45) is 11.8 Å². The highest BCUT2D eigenvalue weighted by Gasteiger charge is 2.24. The van der Waals surface area contributed by atoms with E-state index in [1.807, 2.05) is 0 Å². The molecule has 2 heteroatoms. The molecule has 0 unspecified atom stereocenters. The van der Waals surface area contributed by atoms with Gasteiger partial charge < -0.3 is 5.32 Å². The smallest absolute Gasteiger partial charge is 0.217 e. The van der Waals surface area contributed by atoms with Crippen molar-refractivity contribution in [3.63, 3.8) is 0 Å². The molecule has 1 fully saturated rings. The fourth-order valence-electron chi connectivity index (χ4n) is 2.25. The monoisotopic (exact) mass is 183 g/mol. The molecule has 1 aliphatic carbocycles. The zero-order chi connectivity index (χ0) is 9.84. The molecule has 1 amide bonds. The number of hydrogen-bond donors (Lipinski definition) is 1. The summed E-state index contributed by atoms with van der Waals surface area (Å²) in [5.41, 5.74) is 0. The van der Waals surface area contributed by atoms with Crippen LogP contribution in [-0.4, -0.2) is 11.9 Å². The third-order valence-corrected chi connectivity index (χ3v) is 3.06. The normalized spacial score (nSPS) is 28.9. The molecule has 0 saturated heterocycles. The van der Waals surface area contributed by atoms with E-state index < -0.39 is 0 Å². The number of hydrogen-bond acceptors (Lipinski definition) is 1. The molecular weight excluding hydrogens is 162 g/mol. The highest BCUT2D eigenvalue weighted by Crippen LogP contribution is 2.29. The first-order valence-electron chi connectivity index (χ1n) is 5.36. The average Bonchev–Trinajstić information content (AvgIpc) is 2.03. The van der Waals surface area contributed by atoms with Crippen LogP contribution in [0.3, 0.4) is 0 Å². The Morgan fingerprint density at radius 3 is 2.62 bits per heavy atom. The summed E-state index contributed by atoms with van der Waals surface area (Å²) in [4.78, 5) is 10.9. The predicted molar refractivity (Wildman–Crippen MR) is 54.4 cm³/mol. The minimum absolute atomic E-state index is 0.120. The maximum Gasteiger partial charge on any atom is 0.217 e. The zero-order valence-electron chi connectivity index (χ0n) is 8.97. The van der Waals surface area contributed by atoms with Gasteiger partial charge in [-0.05, 0) is 24.7 Å². The van der Waals surface area contributed by atoms with Gasteiger partial charge in [-0.1, -0.05) is 26.7 Å². The molecule has 0 radical (unpaired) electrons. The molecule has 1 aliphatic rings. The number of rotatable bonds is 2. The van der Waals surface area contributed by atoms with E-state index in [4.69, 9.17) is 0 Å². The van der Waals surface area contributed by atoms with E-state index in [2.05, 4.69) is 19.2 Å². The maximum atomic E-state index is 10.9. The lowest BCUT2D eigenvalue weighted by Gasteiger charge is -2.31. The molecule has 0 aromatic heterocycles. The van der Waals surface area contributed by atoms with Gasteiger partial charge in [-0.2, -0.15) is 0 Å². The molecule has 0 aromatic rings. The minimum atomic E-state index is 0.120. The summed E-state index contributed by atoms with van der Waals surface area (Å²) in [5.74, 6) is 1.69. The van der Waals surface area contributed by atoms with Crippen molar-refractivity contribution in [1.82, 2.24) is 5.32 Å². The molecule has 1 N–H and O–H groups in total. The van der Waals surface area contributed by atoms with E-state index in [1.165, 1.54) is 25.7 Å². The number of nitrogens with one attached hydrogen (secondary N) is 1. The van der Waals surface area contributed by atoms with E-state index in [9.17, 15) is 4.79 Å². The summed E-state index contributed by atoms with van der Waals surface area (Å²) in [6.45, 7) is 6.17. The van der Waals surface area contributed by atoms with Crippen molar-refractivity contribution in [2.75, 3.05) is 0 Å². The largest absolute Gasteiger partial charge is 0.354 e. The molecule has 0 heterocycles. The lowest BCUT2D eigenvalue weighted by Crippen LogP contribution is -2.38. The van der Waals surface area contributed by atoms with Crippen LogP contribution in [0.15, 0.2) is 0 Å². The molecular formula is C11H21NO. The van der Waals surface area contributed by atoms with Gasteiger partial charge in [0, 0.05) is 13.0 Å². The predicted octanol–water partition coefficient (Wildman–Crippen LogP) is 2.34. The van der Waals surface area contributed by atoms with Crippen LogP contribution in [0.2, 0.25) is 0 Å². The molecule has 1 saturated carbocycles. The first-order chi connectivity index (χ1) is 6.09. The molecule has 0 aromatic carbocycles. The second-order valence-electron chi connectivity index (χ2n) is 4.57. The van der Waals surface area contributed by atoms with Crippen molar-refractivity contribution in [2.45, 2.75) is 52.5 Å². The van der Waals surface area contributed by atoms with Gasteiger partial charge in [-0.3, -0.25) is 4.79 Å². The highest BCUT2D eigenvalue weighted by atomic mass is 16.1. The van der Waals surface area contributed by atoms with Crippen LogP contribution >= 0.6 is 0 Å². The Morgan fingerprint density at radius 2 is 2.08 bits per heavy atom. The molecule has 2 atom stereocenters. The van der Waals surface area contributed by atoms with Gasteiger partial charge in [-0.25, -0.2) is 0 Å². The number of amides is 1. The molecule has 0 spiro atoms. The first kappa shape index (κ1) is 10.6. The van der Waals surface area contributed by atoms with Crippen LogP contribution in [0.4, 0.5) is 0 Å². The van der Waals surface area contributed by atoms with Crippen molar-refractivity contribution in [3.05, 3.63) is 0 Å². The second kappa shape index (κ2) is 4.64. The van der Waals surface area contributed by atoms with Gasteiger partial charge in [-0.15, -0.1) is 0 Å². The Kier molecular flexibility index (Phi) is 3.76. The minimum Gasteiger partial charge on any atom is -0.354 e. The summed E-state index contributed by atoms with van der Waals surface area (Å²) in [6.07, 6.45) is 4.96. The van der Waals surface area contributed by atoms with Crippen LogP contribution < -0.4 is 5.32 Å². The summed E-state index contributed by atoms with van der Waals surface area (Å²) in [5, 5.41) is 3.03. The van der Waals surface area contributed by atoms with Crippen molar-refractivity contribution in [1.29, 1.82) is 0 Å². The Balaban J connectivity index is 2.37. The Hall–Kier alpha value is -0.530. The van der Waals surface area contributed by atoms with Gasteiger partial charge in [0.2, 0.25) is 5.91 Å². The van der Waals surface area contributed by atoms with Crippen LogP contribution in [0.25, 0.3) is 0 Å². The lowest BCUT2D eigenvalue weighted by atomic mass is 9.79. The van der Waals surface area contributed by atoms with Crippen LogP contribution in [0, 0.1) is 11.8 Å². The van der Waals surface area contributed by atoms with E-state index in [0.717, 1.165) is 11.8 Å². The summed E-state index contributed by atoms with van der Waals surface area (Å²) in [6, 6.07) is 0.443. The fraction of sp³-hybridized carbons (Fsp3) is 0.909. The Morgan fingerprint density at radius 1 is 1.38 bits per heavy atom. The Bertz CT molecular complexity index is 177. The van der Waals surface area contributed by atoms with Crippen molar-refractivity contribution in [3.8, 4) is 0 Å². The first-order valence-corrected chi connectivity index (χ1v) is 5.36. The van der Waals surface area contributed by atoms with Gasteiger partial charge in [0.1, 0.15) is 0 Å². The van der Waals surface area contributed by atoms with Crippen LogP contribution in [0.5, 0.6) is 0 Å². The van der Waals surface area contributed by atoms with Crippen LogP contribution in [-0.2, 0) is 4.79 Å². The number of carbonyl (C=O) groups is 1. The third-order valence-electron chi connectivity index (χ3n) is 3.06. The van der Waals surface area contributed by atoms with Gasteiger partial charge in [0.15, 0.2) is 0 Å². The van der Waals surface area contributed by atoms with Crippen molar-refractivity contribution < 1.29 is 4.79 Å². The zero-order valence-corrected chi connectivity index (χ0v) is 8.97. The lowest BCUT2D eigenvalue weighted by molar-refractivity contribution is -0.120. The van der Waals surface area contributed by atoms with E-state index >= 15 is 0 Å². The quantitative estimate of drug-likeness (QED) is 0.699. The van der Waals surface area contributed by atoms with Gasteiger partial charge in [0.05, 0.1) is 0 Å². The Labute approximate surface area is 81.1 Å². The fourth-order valence-corrected chi connectivity index (χ4v) is 2.25. The van der Waals surface area contributed by atoms with Crippen LogP contribution in [0.1, 0.15) is 46.5 Å². The molecule has 76 valence electrons. The average molecular weight is 183 g/mol. The molecule has 2 nitrogen and oxygen atoms in total. The topological polar surface area (TPSA) is 29.1 Å². The van der Waals surface area contributed by atoms with Gasteiger partial charge in [0.25, 0.3) is 0 Å². The van der Waals surface area contributed by atoms with Gasteiger partial charge >= 0.3 is 0 Å². The van der Waals surface area contributed by atoms with E-state index in [1.54, 1.807) is 6.92 Å². The molecule has 0 bridgehead atoms. The highest BCUT2D eigenvalue weighted by molar-refractivity contribution is 5.73. The second-order valence-corrected chi connectivity index (χ2v) is 4.57. The molecule has 13 heavy (non-hydrogen) atoms. The van der Waals surface area contributed by atoms with Crippen molar-refractivity contribution >= 4 is 5.91 Å². The summed E-state index contributed by atoms with van der Waals surface area (Å²) < 4.78 is 0. The number of carbonyl (C=O) groups excluding carboxylic acids is 1. The molecule has 1 rings (SSSR count). The van der Waals surface area contributed by atoms with E-state index in [-0.39, 0.29) is 5.91 Å². The third kappa shape index (κ3) is 3.37. The standard InChI is InChI=1S/C11H21NO/c1-8(2)10-5-4-6-11(7-10)12-9(3)13/h8,10-11H,4-7H2,1-3H3,(H,12,13)/t10-,11+/m0/s1. The summed E-state index contributed by atoms with van der Waals surface area (Å²) in [7, 11) is 0. The molecule has 0 aliphatic heterocycles. The maximum absolute atomic E-state index is 10.9. The van der Waals surface area contributed by atoms with E-state index in [0.29, 0.717) is 6.04 Å². The SMILES string of the molecule is CC(=O)N[C@@H]1CCC[C@H](C(C)C)C1. The summed E-state index contributed by atoms with van der Waals surface area (Å²) >= 11 is 0.